The summed E-state index contributed by atoms with van der Waals surface area (Å²) in [5, 5.41) is 68.9. The first kappa shape index (κ1) is 78.0. The van der Waals surface area contributed by atoms with E-state index in [4.69, 9.17) is 46.2 Å². The fraction of sp³-hybridized carbons (Fsp3) is 0.200. The summed E-state index contributed by atoms with van der Waals surface area (Å²) in [4.78, 5) is 27.2. The molecule has 32 nitrogen and oxygen atoms in total. The topological polar surface area (TPSA) is 387 Å². The van der Waals surface area contributed by atoms with E-state index in [0.717, 1.165) is 38.4 Å². The van der Waals surface area contributed by atoms with Crippen LogP contribution >= 0.6 is 58.9 Å². The largest absolute Gasteiger partial charge is 0.534 e. The predicted molar refractivity (Wildman–Crippen MR) is 394 cm³/mol. The molecule has 107 heavy (non-hydrogen) atoms. The summed E-state index contributed by atoms with van der Waals surface area (Å²) in [5.41, 5.74) is 1.71. The number of aromatic amines is 1. The third-order valence-corrected chi connectivity index (χ3v) is 16.7. The van der Waals surface area contributed by atoms with Gasteiger partial charge in [-0.15, -0.1) is 47.3 Å². The van der Waals surface area contributed by atoms with Crippen molar-refractivity contribution < 1.29 is 44.6 Å². The van der Waals surface area contributed by atoms with Crippen molar-refractivity contribution in [3.63, 3.8) is 0 Å². The number of aromatic nitrogens is 20. The highest BCUT2D eigenvalue weighted by Crippen LogP contribution is 2.37. The van der Waals surface area contributed by atoms with E-state index in [0.29, 0.717) is 64.1 Å². The van der Waals surface area contributed by atoms with Gasteiger partial charge in [0.2, 0.25) is 11.8 Å². The average Bonchev–Trinajstić information content (AvgIpc) is 1.63. The zero-order valence-corrected chi connectivity index (χ0v) is 63.5. The van der Waals surface area contributed by atoms with E-state index in [2.05, 4.69) is 124 Å². The number of fused-ring (bicyclic) bond motifs is 4. The highest BCUT2D eigenvalue weighted by molar-refractivity contribution is 9.69. The zero-order chi connectivity index (χ0) is 77.1. The van der Waals surface area contributed by atoms with Crippen LogP contribution in [-0.4, -0.2) is 133 Å². The molecule has 0 unspecified atom stereocenters. The Kier molecular flexibility index (Phi) is 24.3. The number of nitrogens with one attached hydrogen (secondary N) is 1. The molecule has 0 atom stereocenters. The van der Waals surface area contributed by atoms with Gasteiger partial charge in [0.1, 0.15) is 81.8 Å². The van der Waals surface area contributed by atoms with Gasteiger partial charge in [-0.1, -0.05) is 72.3 Å². The summed E-state index contributed by atoms with van der Waals surface area (Å²) in [5.74, 6) is -0.234. The average molecular weight is 1690 g/mol. The third kappa shape index (κ3) is 18.8. The van der Waals surface area contributed by atoms with Crippen molar-refractivity contribution in [1.82, 2.24) is 97.5 Å². The van der Waals surface area contributed by atoms with Gasteiger partial charge in [-0.05, 0) is 38.8 Å². The van der Waals surface area contributed by atoms with Gasteiger partial charge in [0, 0.05) is 81.3 Å². The SMILES string of the molecule is BrB(Br)Br.Cn1cc(-c2cn3ncc(C#N)c3c(=O)[nH]2)cn1.Cn1cc(-c2cn3ncc(C#N)c3c(OCc3ccccc3)n2)cn1.Cn1cc(-c2cn3ncc(C#N)c3c(OS(=O)(=O)C(F)(F)F)n2)cn1.Cn1cc(B2OC(C)(C)C(C)(C)O2)cn1.N#Cc1cnn2cc(Cl)nc(OCc3ccccc3)c12. The lowest BCUT2D eigenvalue weighted by molar-refractivity contribution is -0.0501. The molecule has 1 N–H and O–H groups in total. The second-order valence-corrected chi connectivity index (χ2v) is 32.0. The van der Waals surface area contributed by atoms with Crippen LogP contribution in [0, 0.1) is 45.3 Å². The number of nitrogens with zero attached hydrogens (tertiary/aromatic N) is 23. The number of rotatable bonds is 12. The molecule has 544 valence electrons. The molecule has 1 aliphatic rings. The van der Waals surface area contributed by atoms with Crippen molar-refractivity contribution in [2.45, 2.75) is 57.6 Å². The summed E-state index contributed by atoms with van der Waals surface area (Å²) < 4.78 is 100. The number of ether oxygens (including phenoxy) is 2. The van der Waals surface area contributed by atoms with Crippen molar-refractivity contribution in [2.75, 3.05) is 0 Å². The van der Waals surface area contributed by atoms with Crippen LogP contribution < -0.4 is 24.7 Å². The van der Waals surface area contributed by atoms with E-state index in [-0.39, 0.29) is 60.1 Å². The number of benzene rings is 2. The standard InChI is InChI=1S/C18H14N6O.C14H9ClN4O.C12H7F3N6O3S.C11H8N6O.C10H17BN2O2.BBr3/c1-23-10-15(9-20-23)16-11-24-17(14(7-19)8-21-24)18(22-16)25-12-13-5-3-2-4-6-13;15-12-8-19-13(11(6-16)7-17-19)14(18-12)20-9-10-4-2-1-3-5-10;1-20-5-8(4-17-20)9-6-21-10(7(2-16)3-18-21)11(19-9)24-25(22,23)12(13,14)15;1-16-5-8(4-13-16)9-6-17-10(11(18)15-9)7(2-12)3-14-17;1-9(2)10(3,4)15-11(14-9)8-6-12-13(5)7-8;2-1(3)4/h2-6,8-11H,12H2,1H3;1-5,7-8H,9H2;3-6H,1H3;3-6H,1H3,(H,15,18);6-7H,1-5H3;. The second-order valence-electron chi connectivity index (χ2n) is 23.6. The number of aryl methyl sites for hydroxylation is 4. The van der Waals surface area contributed by atoms with Gasteiger partial charge in [-0.3, -0.25) is 23.5 Å². The number of halogens is 7. The molecule has 0 amide bonds. The summed E-state index contributed by atoms with van der Waals surface area (Å²) in [7, 11) is 0.853. The molecule has 0 radical (unpaired) electrons. The van der Waals surface area contributed by atoms with E-state index in [1.165, 1.54) is 57.1 Å². The Bertz CT molecular complexity index is 5860. The molecule has 0 spiro atoms. The van der Waals surface area contributed by atoms with Crippen LogP contribution in [0.15, 0.2) is 165 Å². The van der Waals surface area contributed by atoms with E-state index in [9.17, 15) is 31.6 Å². The van der Waals surface area contributed by atoms with Gasteiger partial charge in [0.15, 0.2) is 5.15 Å². The highest BCUT2D eigenvalue weighted by Gasteiger charge is 2.52. The minimum Gasteiger partial charge on any atom is -0.471 e. The van der Waals surface area contributed by atoms with E-state index >= 15 is 0 Å². The molecule has 12 aromatic heterocycles. The molecular formula is C65H55B2Br3ClF3N24O8S. The minimum atomic E-state index is -5.97. The smallest absolute Gasteiger partial charge is 0.471 e. The van der Waals surface area contributed by atoms with Crippen molar-refractivity contribution in [3.05, 3.63) is 209 Å². The molecule has 2 aromatic carbocycles. The molecule has 0 bridgehead atoms. The summed E-state index contributed by atoms with van der Waals surface area (Å²) in [6, 6.07) is 27.3. The number of H-pyrrole nitrogens is 1. The van der Waals surface area contributed by atoms with E-state index < -0.39 is 21.5 Å². The van der Waals surface area contributed by atoms with Gasteiger partial charge in [0.05, 0.1) is 96.4 Å². The van der Waals surface area contributed by atoms with Crippen LogP contribution in [-0.2, 0) is 60.8 Å². The number of alkyl halides is 3. The Morgan fingerprint density at radius 2 is 0.907 bits per heavy atom. The predicted octanol–water partition coefficient (Wildman–Crippen LogP) is 9.81. The van der Waals surface area contributed by atoms with Crippen molar-refractivity contribution >= 4 is 107 Å². The molecule has 1 saturated heterocycles. The Hall–Kier alpha value is -11.6. The van der Waals surface area contributed by atoms with Gasteiger partial charge >= 0.3 is 25.9 Å². The quantitative estimate of drug-likeness (QED) is 0.0675. The van der Waals surface area contributed by atoms with Gasteiger partial charge in [-0.2, -0.15) is 88.4 Å². The minimum absolute atomic E-state index is 0.0561. The Morgan fingerprint density at radius 3 is 1.31 bits per heavy atom. The zero-order valence-electron chi connectivity index (χ0n) is 57.2. The van der Waals surface area contributed by atoms with Crippen molar-refractivity contribution in [2.24, 2.45) is 28.2 Å². The Labute approximate surface area is 635 Å². The number of nitriles is 4. The fourth-order valence-corrected chi connectivity index (χ4v) is 10.3. The van der Waals surface area contributed by atoms with Gasteiger partial charge < -0.3 is 27.9 Å². The maximum atomic E-state index is 12.6. The van der Waals surface area contributed by atoms with Crippen LogP contribution in [0.5, 0.6) is 17.6 Å². The van der Waals surface area contributed by atoms with E-state index in [1.54, 1.807) is 75.9 Å². The number of hydrogen-bond donors (Lipinski definition) is 1. The maximum Gasteiger partial charge on any atom is 0.534 e. The molecule has 15 rings (SSSR count). The molecule has 14 aromatic rings. The molecule has 0 aliphatic carbocycles. The van der Waals surface area contributed by atoms with Gasteiger partial charge in [0.25, 0.3) is 11.4 Å². The monoisotopic (exact) mass is 1680 g/mol. The Balaban J connectivity index is 0.000000143. The molecule has 13 heterocycles. The van der Waals surface area contributed by atoms with Crippen LogP contribution in [0.1, 0.15) is 61.1 Å². The van der Waals surface area contributed by atoms with Crippen LogP contribution in [0.4, 0.5) is 13.2 Å². The first-order chi connectivity index (χ1) is 50.9. The summed E-state index contributed by atoms with van der Waals surface area (Å²) >= 11 is 15.2. The normalized spacial score (nSPS) is 12.6. The molecule has 1 fully saturated rings. The van der Waals surface area contributed by atoms with Crippen LogP contribution in [0.2, 0.25) is 5.15 Å². The first-order valence-corrected chi connectivity index (χ1v) is 35.5. The lowest BCUT2D eigenvalue weighted by Crippen LogP contribution is -2.41. The summed E-state index contributed by atoms with van der Waals surface area (Å²) in [6.07, 6.45) is 25.3. The molecule has 42 heteroatoms. The molecule has 1 aliphatic heterocycles. The van der Waals surface area contributed by atoms with Crippen LogP contribution in [0.25, 0.3) is 55.8 Å². The highest BCUT2D eigenvalue weighted by atomic mass is 79.9. The molecule has 0 saturated carbocycles. The first-order valence-electron chi connectivity index (χ1n) is 31.0. The summed E-state index contributed by atoms with van der Waals surface area (Å²) in [6.45, 7) is 8.88. The molecular weight excluding hydrogens is 1630 g/mol. The van der Waals surface area contributed by atoms with Crippen molar-refractivity contribution in [3.8, 4) is 75.7 Å². The third-order valence-electron chi connectivity index (χ3n) is 15.5. The lowest BCUT2D eigenvalue weighted by Gasteiger charge is -2.32. The second kappa shape index (κ2) is 33.3. The van der Waals surface area contributed by atoms with Crippen LogP contribution in [0.3, 0.4) is 0 Å². The van der Waals surface area contributed by atoms with Crippen molar-refractivity contribution in [1.29, 1.82) is 21.0 Å². The maximum absolute atomic E-state index is 12.6. The lowest BCUT2D eigenvalue weighted by atomic mass is 9.82. The van der Waals surface area contributed by atoms with Gasteiger partial charge in [-0.25, -0.2) is 28.0 Å². The van der Waals surface area contributed by atoms with E-state index in [1.807, 2.05) is 121 Å². The number of hydrogen-bond acceptors (Lipinski definition) is 23. The fourth-order valence-electron chi connectivity index (χ4n) is 9.76. The Morgan fingerprint density at radius 1 is 0.533 bits per heavy atom.